The van der Waals surface area contributed by atoms with E-state index in [9.17, 15) is 4.79 Å². The summed E-state index contributed by atoms with van der Waals surface area (Å²) in [4.78, 5) is 17.1. The van der Waals surface area contributed by atoms with Crippen LogP contribution in [0.5, 0.6) is 0 Å². The minimum atomic E-state index is -0.224. The number of hydrogen-bond acceptors (Lipinski definition) is 4. The highest BCUT2D eigenvalue weighted by atomic mass is 16.5. The van der Waals surface area contributed by atoms with Crippen LogP contribution in [0.15, 0.2) is 4.99 Å². The average Bonchev–Trinajstić information content (AvgIpc) is 3.23. The van der Waals surface area contributed by atoms with Gasteiger partial charge < -0.3 is 19.7 Å². The summed E-state index contributed by atoms with van der Waals surface area (Å²) < 4.78 is 10.2. The molecular formula is C13H25N3O3. The number of likely N-dealkylation sites (N-methyl/N-ethyl adjacent to an activating group) is 1. The zero-order valence-corrected chi connectivity index (χ0v) is 12.1. The first-order valence-electron chi connectivity index (χ1n) is 6.73. The third-order valence-corrected chi connectivity index (χ3v) is 3.03. The van der Waals surface area contributed by atoms with E-state index < -0.39 is 0 Å². The second kappa shape index (κ2) is 8.74. The van der Waals surface area contributed by atoms with Crippen LogP contribution in [0.4, 0.5) is 0 Å². The molecule has 0 aromatic carbocycles. The third kappa shape index (κ3) is 7.00. The van der Waals surface area contributed by atoms with Crippen LogP contribution in [0.1, 0.15) is 19.3 Å². The molecule has 1 aliphatic carbocycles. The van der Waals surface area contributed by atoms with Crippen LogP contribution in [-0.2, 0) is 14.3 Å². The minimum absolute atomic E-state index is 0.224. The molecule has 0 saturated heterocycles. The quantitative estimate of drug-likeness (QED) is 0.301. The monoisotopic (exact) mass is 271 g/mol. The first-order valence-corrected chi connectivity index (χ1v) is 6.73. The summed E-state index contributed by atoms with van der Waals surface area (Å²) in [6.45, 7) is 2.88. The molecule has 0 heterocycles. The molecule has 0 radical (unpaired) electrons. The van der Waals surface area contributed by atoms with Gasteiger partial charge in [0.2, 0.25) is 0 Å². The zero-order valence-electron chi connectivity index (χ0n) is 12.1. The van der Waals surface area contributed by atoms with Crippen LogP contribution in [-0.4, -0.2) is 64.3 Å². The van der Waals surface area contributed by atoms with Gasteiger partial charge in [-0.15, -0.1) is 0 Å². The van der Waals surface area contributed by atoms with Gasteiger partial charge in [0, 0.05) is 33.8 Å². The number of methoxy groups -OCH3 is 1. The second-order valence-electron chi connectivity index (χ2n) is 4.74. The van der Waals surface area contributed by atoms with E-state index in [-0.39, 0.29) is 5.97 Å². The van der Waals surface area contributed by atoms with E-state index in [0.29, 0.717) is 19.6 Å². The molecule has 110 valence electrons. The first kappa shape index (κ1) is 15.8. The Morgan fingerprint density at radius 1 is 1.47 bits per heavy atom. The number of rotatable bonds is 8. The Hall–Kier alpha value is -1.30. The van der Waals surface area contributed by atoms with Crippen molar-refractivity contribution in [2.45, 2.75) is 19.3 Å². The van der Waals surface area contributed by atoms with E-state index >= 15 is 0 Å². The lowest BCUT2D eigenvalue weighted by atomic mass is 10.4. The Kier molecular flexibility index (Phi) is 7.25. The maximum Gasteiger partial charge on any atom is 0.307 e. The molecule has 1 rings (SSSR count). The van der Waals surface area contributed by atoms with E-state index in [1.54, 1.807) is 7.05 Å². The number of carbonyl (C=O) groups excluding carboxylic acids is 1. The number of aliphatic imine (C=N–C) groups is 1. The van der Waals surface area contributed by atoms with Crippen molar-refractivity contribution < 1.29 is 14.3 Å². The number of nitrogens with one attached hydrogen (secondary N) is 1. The van der Waals surface area contributed by atoms with Gasteiger partial charge in [0.1, 0.15) is 0 Å². The summed E-state index contributed by atoms with van der Waals surface area (Å²) in [5, 5.41) is 3.12. The highest BCUT2D eigenvalue weighted by molar-refractivity contribution is 5.80. The summed E-state index contributed by atoms with van der Waals surface area (Å²) in [6, 6.07) is 0. The molecule has 6 nitrogen and oxygen atoms in total. The Balaban J connectivity index is 2.11. The molecule has 0 bridgehead atoms. The van der Waals surface area contributed by atoms with Crippen LogP contribution in [0, 0.1) is 5.92 Å². The van der Waals surface area contributed by atoms with E-state index in [1.165, 1.54) is 20.0 Å². The van der Waals surface area contributed by atoms with Gasteiger partial charge in [-0.2, -0.15) is 0 Å². The number of esters is 1. The first-order chi connectivity index (χ1) is 9.17. The minimum Gasteiger partial charge on any atom is -0.469 e. The van der Waals surface area contributed by atoms with Crippen LogP contribution in [0.25, 0.3) is 0 Å². The zero-order chi connectivity index (χ0) is 14.1. The highest BCUT2D eigenvalue weighted by Gasteiger charge is 2.21. The summed E-state index contributed by atoms with van der Waals surface area (Å²) >= 11 is 0. The topological polar surface area (TPSA) is 63.2 Å². The molecule has 0 amide bonds. The van der Waals surface area contributed by atoms with Crippen LogP contribution in [0.2, 0.25) is 0 Å². The Morgan fingerprint density at radius 2 is 2.21 bits per heavy atom. The highest BCUT2D eigenvalue weighted by Crippen LogP contribution is 2.28. The van der Waals surface area contributed by atoms with E-state index in [0.717, 1.165) is 25.0 Å². The normalized spacial score (nSPS) is 15.2. The van der Waals surface area contributed by atoms with Crippen molar-refractivity contribution in [2.75, 3.05) is 47.5 Å². The lowest BCUT2D eigenvalue weighted by Crippen LogP contribution is -2.41. The predicted octanol–water partition coefficient (Wildman–Crippen LogP) is 0.483. The predicted molar refractivity (Wildman–Crippen MR) is 74.2 cm³/mol. The molecule has 0 spiro atoms. The maximum absolute atomic E-state index is 11.0. The molecule has 1 N–H and O–H groups in total. The van der Waals surface area contributed by atoms with Gasteiger partial charge in [0.15, 0.2) is 5.96 Å². The summed E-state index contributed by atoms with van der Waals surface area (Å²) in [5.74, 6) is 1.33. The molecule has 0 aromatic heterocycles. The lowest BCUT2D eigenvalue weighted by molar-refractivity contribution is -0.140. The second-order valence-corrected chi connectivity index (χ2v) is 4.74. The fraction of sp³-hybridized carbons (Fsp3) is 0.846. The summed E-state index contributed by atoms with van der Waals surface area (Å²) in [7, 11) is 5.07. The summed E-state index contributed by atoms with van der Waals surface area (Å²) in [6.07, 6.45) is 2.96. The molecule has 19 heavy (non-hydrogen) atoms. The maximum atomic E-state index is 11.0. The number of carbonyl (C=O) groups is 1. The van der Waals surface area contributed by atoms with Crippen LogP contribution >= 0.6 is 0 Å². The smallest absolute Gasteiger partial charge is 0.307 e. The molecular weight excluding hydrogens is 246 g/mol. The number of guanidine groups is 1. The van der Waals surface area contributed by atoms with E-state index in [2.05, 4.69) is 15.0 Å². The van der Waals surface area contributed by atoms with Gasteiger partial charge in [0.05, 0.1) is 20.1 Å². The molecule has 6 heteroatoms. The van der Waals surface area contributed by atoms with E-state index in [4.69, 9.17) is 4.74 Å². The molecule has 1 fully saturated rings. The average molecular weight is 271 g/mol. The lowest BCUT2D eigenvalue weighted by Gasteiger charge is -2.21. The van der Waals surface area contributed by atoms with Crippen LogP contribution in [0.3, 0.4) is 0 Å². The Labute approximate surface area is 115 Å². The van der Waals surface area contributed by atoms with Gasteiger partial charge in [-0.1, -0.05) is 0 Å². The van der Waals surface area contributed by atoms with Crippen molar-refractivity contribution >= 4 is 11.9 Å². The third-order valence-electron chi connectivity index (χ3n) is 3.03. The fourth-order valence-electron chi connectivity index (χ4n) is 1.61. The van der Waals surface area contributed by atoms with Gasteiger partial charge in [-0.25, -0.2) is 0 Å². The van der Waals surface area contributed by atoms with Crippen molar-refractivity contribution in [2.24, 2.45) is 10.9 Å². The van der Waals surface area contributed by atoms with Gasteiger partial charge in [-0.05, 0) is 18.8 Å². The number of hydrogen-bond donors (Lipinski definition) is 1. The van der Waals surface area contributed by atoms with Crippen LogP contribution < -0.4 is 5.32 Å². The van der Waals surface area contributed by atoms with Crippen molar-refractivity contribution in [3.63, 3.8) is 0 Å². The van der Waals surface area contributed by atoms with Crippen molar-refractivity contribution in [3.8, 4) is 0 Å². The molecule has 1 aliphatic rings. The standard InChI is InChI=1S/C13H25N3O3/c1-14-13(15-7-6-12(17)18-3)16(2)8-9-19-10-11-4-5-11/h11H,4-10H2,1-3H3,(H,14,15). The van der Waals surface area contributed by atoms with Crippen molar-refractivity contribution in [1.29, 1.82) is 0 Å². The Morgan fingerprint density at radius 3 is 2.79 bits per heavy atom. The van der Waals surface area contributed by atoms with Gasteiger partial charge >= 0.3 is 5.97 Å². The molecule has 0 atom stereocenters. The summed E-state index contributed by atoms with van der Waals surface area (Å²) in [5.41, 5.74) is 0. The van der Waals surface area contributed by atoms with Gasteiger partial charge in [0.25, 0.3) is 0 Å². The number of nitrogens with zero attached hydrogens (tertiary/aromatic N) is 2. The van der Waals surface area contributed by atoms with E-state index in [1.807, 2.05) is 11.9 Å². The van der Waals surface area contributed by atoms with Gasteiger partial charge in [-0.3, -0.25) is 9.79 Å². The molecule has 0 aliphatic heterocycles. The fourth-order valence-corrected chi connectivity index (χ4v) is 1.61. The Bertz CT molecular complexity index is 304. The SMILES string of the molecule is CN=C(NCCC(=O)OC)N(C)CCOCC1CC1. The molecule has 0 aromatic rings. The largest absolute Gasteiger partial charge is 0.469 e. The molecule has 1 saturated carbocycles. The van der Waals surface area contributed by atoms with Crippen molar-refractivity contribution in [1.82, 2.24) is 10.2 Å². The number of ether oxygens (including phenoxy) is 2. The van der Waals surface area contributed by atoms with Crippen molar-refractivity contribution in [3.05, 3.63) is 0 Å². The molecule has 0 unspecified atom stereocenters.